The molecular formula is C32H35N5O5. The third-order valence-electron chi connectivity index (χ3n) is 7.75. The van der Waals surface area contributed by atoms with Gasteiger partial charge in [-0.15, -0.1) is 0 Å². The molecule has 2 aromatic heterocycles. The number of benzene rings is 2. The summed E-state index contributed by atoms with van der Waals surface area (Å²) in [6.45, 7) is 2.09. The number of pyridine rings is 1. The van der Waals surface area contributed by atoms with Crippen LogP contribution in [0.4, 0.5) is 11.4 Å². The van der Waals surface area contributed by atoms with Gasteiger partial charge in [0.2, 0.25) is 5.88 Å². The highest BCUT2D eigenvalue weighted by molar-refractivity contribution is 6.08. The number of nitrogens with one attached hydrogen (secondary N) is 1. The molecule has 0 bridgehead atoms. The first-order valence-corrected chi connectivity index (χ1v) is 14.1. The summed E-state index contributed by atoms with van der Waals surface area (Å²) in [4.78, 5) is 38.5. The Bertz CT molecular complexity index is 1650. The van der Waals surface area contributed by atoms with Crippen LogP contribution in [-0.4, -0.2) is 48.2 Å². The number of methoxy groups -OCH3 is 3. The fourth-order valence-corrected chi connectivity index (χ4v) is 5.72. The maximum Gasteiger partial charge on any atom is 0.337 e. The molecule has 0 unspecified atom stereocenters. The molecule has 1 fully saturated rings. The van der Waals surface area contributed by atoms with Crippen molar-refractivity contribution in [3.05, 3.63) is 65.0 Å². The number of anilines is 2. The minimum atomic E-state index is -0.613. The molecule has 0 atom stereocenters. The van der Waals surface area contributed by atoms with Crippen LogP contribution in [-0.2, 0) is 11.2 Å². The van der Waals surface area contributed by atoms with Crippen LogP contribution in [0.3, 0.4) is 0 Å². The first-order valence-electron chi connectivity index (χ1n) is 14.1. The van der Waals surface area contributed by atoms with Crippen LogP contribution >= 0.6 is 0 Å². The molecular weight excluding hydrogens is 534 g/mol. The lowest BCUT2D eigenvalue weighted by molar-refractivity contribution is 0.0600. The molecule has 2 aromatic carbocycles. The maximum atomic E-state index is 12.6. The Hall–Kier alpha value is -4.73. The number of rotatable bonds is 10. The lowest BCUT2D eigenvalue weighted by Gasteiger charge is -2.19. The van der Waals surface area contributed by atoms with Gasteiger partial charge in [0.05, 0.1) is 49.2 Å². The average molecular weight is 570 g/mol. The zero-order chi connectivity index (χ0) is 29.8. The predicted octanol–water partition coefficient (Wildman–Crippen LogP) is 5.95. The molecule has 1 aliphatic rings. The van der Waals surface area contributed by atoms with Crippen molar-refractivity contribution in [3.63, 3.8) is 0 Å². The Balaban J connectivity index is 1.69. The van der Waals surface area contributed by atoms with E-state index in [1.54, 1.807) is 19.4 Å². The molecule has 0 aliphatic heterocycles. The molecule has 2 heterocycles. The third-order valence-corrected chi connectivity index (χ3v) is 7.75. The summed E-state index contributed by atoms with van der Waals surface area (Å²) in [6.07, 6.45) is 9.20. The largest absolute Gasteiger partial charge is 0.480 e. The number of fused-ring (bicyclic) bond motifs is 1. The molecule has 0 saturated heterocycles. The number of esters is 1. The van der Waals surface area contributed by atoms with Gasteiger partial charge in [-0.05, 0) is 72.2 Å². The van der Waals surface area contributed by atoms with E-state index >= 15 is 0 Å². The van der Waals surface area contributed by atoms with Crippen molar-refractivity contribution in [2.45, 2.75) is 51.4 Å². The SMILES string of the molecule is CCCc1cc2c(Nc3cc(C(=O)OC)cc(C4CCCC4)c3)c(C(N)=O)cnc2cc1-c1cnc(OC)nc1OC. The summed E-state index contributed by atoms with van der Waals surface area (Å²) in [5.74, 6) is -0.290. The number of hydrogen-bond donors (Lipinski definition) is 2. The topological polar surface area (TPSA) is 139 Å². The quantitative estimate of drug-likeness (QED) is 0.222. The van der Waals surface area contributed by atoms with Gasteiger partial charge in [-0.1, -0.05) is 26.2 Å². The Morgan fingerprint density at radius 2 is 1.76 bits per heavy atom. The van der Waals surface area contributed by atoms with E-state index in [1.165, 1.54) is 20.4 Å². The number of carbonyl (C=O) groups is 2. The number of aryl methyl sites for hydroxylation is 1. The van der Waals surface area contributed by atoms with Crippen molar-refractivity contribution in [2.75, 3.05) is 26.6 Å². The van der Waals surface area contributed by atoms with Crippen molar-refractivity contribution >= 4 is 34.2 Å². The summed E-state index contributed by atoms with van der Waals surface area (Å²) in [5.41, 5.74) is 12.0. The molecule has 10 nitrogen and oxygen atoms in total. The lowest BCUT2D eigenvalue weighted by atomic mass is 9.94. The van der Waals surface area contributed by atoms with Gasteiger partial charge in [-0.2, -0.15) is 4.98 Å². The second-order valence-corrected chi connectivity index (χ2v) is 10.4. The second kappa shape index (κ2) is 12.4. The molecule has 0 spiro atoms. The fourth-order valence-electron chi connectivity index (χ4n) is 5.72. The van der Waals surface area contributed by atoms with Gasteiger partial charge in [0.15, 0.2) is 0 Å². The number of aromatic nitrogens is 3. The van der Waals surface area contributed by atoms with Gasteiger partial charge in [0.25, 0.3) is 5.91 Å². The van der Waals surface area contributed by atoms with E-state index in [0.29, 0.717) is 39.8 Å². The predicted molar refractivity (Wildman–Crippen MR) is 161 cm³/mol. The molecule has 10 heteroatoms. The lowest BCUT2D eigenvalue weighted by Crippen LogP contribution is -2.14. The van der Waals surface area contributed by atoms with Crippen LogP contribution in [0, 0.1) is 0 Å². The second-order valence-electron chi connectivity index (χ2n) is 10.4. The molecule has 4 aromatic rings. The highest BCUT2D eigenvalue weighted by atomic mass is 16.5. The minimum Gasteiger partial charge on any atom is -0.480 e. The van der Waals surface area contributed by atoms with E-state index in [2.05, 4.69) is 27.2 Å². The molecule has 0 radical (unpaired) electrons. The van der Waals surface area contributed by atoms with Crippen molar-refractivity contribution in [1.82, 2.24) is 15.0 Å². The van der Waals surface area contributed by atoms with E-state index in [9.17, 15) is 9.59 Å². The third kappa shape index (κ3) is 5.70. The van der Waals surface area contributed by atoms with Crippen molar-refractivity contribution in [2.24, 2.45) is 5.73 Å². The van der Waals surface area contributed by atoms with Crippen molar-refractivity contribution in [3.8, 4) is 23.0 Å². The minimum absolute atomic E-state index is 0.204. The van der Waals surface area contributed by atoms with E-state index in [-0.39, 0.29) is 11.6 Å². The standard InChI is InChI=1S/C32H35N5O5/c1-5-8-19-14-24-27(15-23(19)25-16-35-32(42-4)37-30(25)40-2)34-17-26(29(33)38)28(24)36-22-12-20(18-9-6-7-10-18)11-21(13-22)31(39)41-3/h11-18H,5-10H2,1-4H3,(H2,33,38)(H,34,36). The number of ether oxygens (including phenoxy) is 3. The van der Waals surface area contributed by atoms with Gasteiger partial charge in [0, 0.05) is 23.5 Å². The Kier molecular flexibility index (Phi) is 8.51. The maximum absolute atomic E-state index is 12.6. The molecule has 1 aliphatic carbocycles. The number of primary amides is 1. The van der Waals surface area contributed by atoms with E-state index in [0.717, 1.165) is 60.6 Å². The molecule has 218 valence electrons. The summed E-state index contributed by atoms with van der Waals surface area (Å²) in [7, 11) is 4.42. The number of nitrogens with zero attached hydrogens (tertiary/aromatic N) is 3. The van der Waals surface area contributed by atoms with Crippen LogP contribution in [0.5, 0.6) is 11.9 Å². The average Bonchev–Trinajstić information content (AvgIpc) is 3.55. The van der Waals surface area contributed by atoms with Gasteiger partial charge >= 0.3 is 12.0 Å². The number of hydrogen-bond acceptors (Lipinski definition) is 9. The molecule has 5 rings (SSSR count). The fraction of sp³-hybridized carbons (Fsp3) is 0.344. The van der Waals surface area contributed by atoms with E-state index in [1.807, 2.05) is 24.3 Å². The van der Waals surface area contributed by atoms with Gasteiger partial charge in [-0.3, -0.25) is 9.78 Å². The van der Waals surface area contributed by atoms with Crippen LogP contribution in [0.15, 0.2) is 42.7 Å². The Morgan fingerprint density at radius 3 is 2.43 bits per heavy atom. The monoisotopic (exact) mass is 569 g/mol. The molecule has 3 N–H and O–H groups in total. The summed E-state index contributed by atoms with van der Waals surface area (Å²) < 4.78 is 15.8. The van der Waals surface area contributed by atoms with Gasteiger partial charge in [0.1, 0.15) is 0 Å². The van der Waals surface area contributed by atoms with Gasteiger partial charge in [-0.25, -0.2) is 9.78 Å². The van der Waals surface area contributed by atoms with E-state index in [4.69, 9.17) is 19.9 Å². The van der Waals surface area contributed by atoms with Gasteiger partial charge < -0.3 is 25.3 Å². The van der Waals surface area contributed by atoms with Crippen LogP contribution in [0.2, 0.25) is 0 Å². The first-order chi connectivity index (χ1) is 20.4. The van der Waals surface area contributed by atoms with Crippen LogP contribution in [0.1, 0.15) is 76.8 Å². The Labute approximate surface area is 244 Å². The molecule has 1 saturated carbocycles. The summed E-state index contributed by atoms with van der Waals surface area (Å²) in [5, 5.41) is 4.15. The number of amides is 1. The molecule has 42 heavy (non-hydrogen) atoms. The van der Waals surface area contributed by atoms with Crippen LogP contribution in [0.25, 0.3) is 22.0 Å². The highest BCUT2D eigenvalue weighted by Crippen LogP contribution is 2.40. The Morgan fingerprint density at radius 1 is 0.976 bits per heavy atom. The number of carbonyl (C=O) groups excluding carboxylic acids is 2. The van der Waals surface area contributed by atoms with E-state index < -0.39 is 11.9 Å². The summed E-state index contributed by atoms with van der Waals surface area (Å²) >= 11 is 0. The number of nitrogens with two attached hydrogens (primary N) is 1. The highest BCUT2D eigenvalue weighted by Gasteiger charge is 2.22. The molecule has 1 amide bonds. The zero-order valence-corrected chi connectivity index (χ0v) is 24.3. The normalized spacial score (nSPS) is 13.2. The van der Waals surface area contributed by atoms with Crippen LogP contribution < -0.4 is 20.5 Å². The zero-order valence-electron chi connectivity index (χ0n) is 24.3. The first kappa shape index (κ1) is 28.8. The summed E-state index contributed by atoms with van der Waals surface area (Å²) in [6, 6.07) is 9.85. The van der Waals surface area contributed by atoms with Crippen molar-refractivity contribution < 1.29 is 23.8 Å². The van der Waals surface area contributed by atoms with Crippen molar-refractivity contribution in [1.29, 1.82) is 0 Å². The smallest absolute Gasteiger partial charge is 0.337 e.